The lowest BCUT2D eigenvalue weighted by Gasteiger charge is -2.40. The zero-order valence-electron chi connectivity index (χ0n) is 26.1. The van der Waals surface area contributed by atoms with E-state index >= 15 is 0 Å². The summed E-state index contributed by atoms with van der Waals surface area (Å²) in [6, 6.07) is 26.7. The van der Waals surface area contributed by atoms with Gasteiger partial charge in [-0.15, -0.1) is 0 Å². The number of allylic oxidation sites excluding steroid dienone is 2. The van der Waals surface area contributed by atoms with E-state index in [4.69, 9.17) is 30.5 Å². The molecule has 2 atom stereocenters. The number of ether oxygens (including phenoxy) is 4. The largest absolute Gasteiger partial charge is 0.467 e. The van der Waals surface area contributed by atoms with Crippen molar-refractivity contribution < 1.29 is 23.7 Å². The van der Waals surface area contributed by atoms with Crippen molar-refractivity contribution in [3.05, 3.63) is 119 Å². The van der Waals surface area contributed by atoms with E-state index in [2.05, 4.69) is 57.6 Å². The quantitative estimate of drug-likeness (QED) is 0.0873. The standard InChI is InChI=1S/C36H44ClN3O5/c1-42-27-35(43-2)45-28-44-33-19-13-29(14-20-33)9-6-7-12-34(41)38-21-8-22-39-23-25-40(26-24-39)36(30-10-4-3-5-11-30)31-15-17-32(37)18-16-31/h3-7,9-20,35-36H,8,21-28H2,1-2H3,(H,38,41)/b9-6+,12-7+. The van der Waals surface area contributed by atoms with Crippen LogP contribution >= 0.6 is 11.6 Å². The molecule has 45 heavy (non-hydrogen) atoms. The van der Waals surface area contributed by atoms with Crippen LogP contribution in [-0.2, 0) is 19.0 Å². The topological polar surface area (TPSA) is 72.5 Å². The molecular formula is C36H44ClN3O5. The van der Waals surface area contributed by atoms with Gasteiger partial charge in [0.25, 0.3) is 0 Å². The highest BCUT2D eigenvalue weighted by Crippen LogP contribution is 2.30. The molecular weight excluding hydrogens is 590 g/mol. The summed E-state index contributed by atoms with van der Waals surface area (Å²) in [6.07, 6.45) is 7.51. The highest BCUT2D eigenvalue weighted by Gasteiger charge is 2.26. The molecule has 1 heterocycles. The first-order valence-electron chi connectivity index (χ1n) is 15.3. The van der Waals surface area contributed by atoms with Crippen molar-refractivity contribution in [2.45, 2.75) is 18.8 Å². The molecule has 0 radical (unpaired) electrons. The monoisotopic (exact) mass is 633 g/mol. The van der Waals surface area contributed by atoms with Crippen LogP contribution in [0.3, 0.4) is 0 Å². The summed E-state index contributed by atoms with van der Waals surface area (Å²) in [6.45, 7) is 5.96. The number of nitrogens with one attached hydrogen (secondary N) is 1. The average Bonchev–Trinajstić information content (AvgIpc) is 3.07. The van der Waals surface area contributed by atoms with Crippen LogP contribution in [0.2, 0.25) is 5.02 Å². The molecule has 0 bridgehead atoms. The molecule has 2 unspecified atom stereocenters. The Hall–Kier alpha value is -3.50. The molecule has 1 fully saturated rings. The third-order valence-corrected chi connectivity index (χ3v) is 7.85. The Labute approximate surface area is 272 Å². The van der Waals surface area contributed by atoms with Gasteiger partial charge in [0, 0.05) is 58.0 Å². The fourth-order valence-corrected chi connectivity index (χ4v) is 5.32. The van der Waals surface area contributed by atoms with Crippen LogP contribution in [-0.4, -0.2) is 88.9 Å². The van der Waals surface area contributed by atoms with Crippen LogP contribution in [0.1, 0.15) is 29.2 Å². The van der Waals surface area contributed by atoms with Crippen LogP contribution in [0.15, 0.2) is 97.1 Å². The Bertz CT molecular complexity index is 1330. The summed E-state index contributed by atoms with van der Waals surface area (Å²) in [5.74, 6) is 0.593. The van der Waals surface area contributed by atoms with Gasteiger partial charge in [-0.1, -0.05) is 84.4 Å². The van der Waals surface area contributed by atoms with E-state index in [-0.39, 0.29) is 18.7 Å². The number of benzene rings is 3. The molecule has 9 heteroatoms. The minimum absolute atomic E-state index is 0.0614. The van der Waals surface area contributed by atoms with Gasteiger partial charge in [-0.3, -0.25) is 9.69 Å². The minimum Gasteiger partial charge on any atom is -0.467 e. The molecule has 8 nitrogen and oxygen atoms in total. The van der Waals surface area contributed by atoms with Gasteiger partial charge >= 0.3 is 0 Å². The summed E-state index contributed by atoms with van der Waals surface area (Å²) in [5.41, 5.74) is 3.54. The fourth-order valence-electron chi connectivity index (χ4n) is 5.20. The minimum atomic E-state index is -0.469. The molecule has 4 rings (SSSR count). The Morgan fingerprint density at radius 1 is 0.911 bits per heavy atom. The summed E-state index contributed by atoms with van der Waals surface area (Å²) >= 11 is 6.17. The molecule has 3 aromatic carbocycles. The number of carbonyl (C=O) groups is 1. The highest BCUT2D eigenvalue weighted by atomic mass is 35.5. The molecule has 0 aromatic heterocycles. The zero-order valence-corrected chi connectivity index (χ0v) is 26.9. The van der Waals surface area contributed by atoms with E-state index in [0.29, 0.717) is 18.9 Å². The van der Waals surface area contributed by atoms with Crippen molar-refractivity contribution in [3.63, 3.8) is 0 Å². The van der Waals surface area contributed by atoms with E-state index in [1.54, 1.807) is 26.4 Å². The van der Waals surface area contributed by atoms with Gasteiger partial charge < -0.3 is 29.2 Å². The van der Waals surface area contributed by atoms with Crippen LogP contribution < -0.4 is 10.1 Å². The molecule has 1 amide bonds. The van der Waals surface area contributed by atoms with Crippen molar-refractivity contribution in [1.82, 2.24) is 15.1 Å². The van der Waals surface area contributed by atoms with Crippen LogP contribution in [0.5, 0.6) is 5.75 Å². The number of rotatable bonds is 17. The second-order valence-corrected chi connectivity index (χ2v) is 11.2. The summed E-state index contributed by atoms with van der Waals surface area (Å²) in [4.78, 5) is 17.3. The Kier molecular flexibility index (Phi) is 14.6. The van der Waals surface area contributed by atoms with Gasteiger partial charge in [-0.25, -0.2) is 0 Å². The Morgan fingerprint density at radius 3 is 2.31 bits per heavy atom. The maximum atomic E-state index is 12.3. The van der Waals surface area contributed by atoms with Gasteiger partial charge in [-0.2, -0.15) is 0 Å². The third kappa shape index (κ3) is 11.7. The smallest absolute Gasteiger partial charge is 0.243 e. The van der Waals surface area contributed by atoms with E-state index in [1.165, 1.54) is 11.1 Å². The van der Waals surface area contributed by atoms with E-state index in [0.717, 1.165) is 49.7 Å². The highest BCUT2D eigenvalue weighted by molar-refractivity contribution is 6.30. The lowest BCUT2D eigenvalue weighted by Crippen LogP contribution is -2.48. The predicted molar refractivity (Wildman–Crippen MR) is 179 cm³/mol. The molecule has 1 aliphatic rings. The van der Waals surface area contributed by atoms with E-state index in [1.807, 2.05) is 48.6 Å². The lowest BCUT2D eigenvalue weighted by atomic mass is 9.96. The number of amides is 1. The number of carbonyl (C=O) groups excluding carboxylic acids is 1. The maximum Gasteiger partial charge on any atom is 0.243 e. The van der Waals surface area contributed by atoms with Crippen molar-refractivity contribution in [1.29, 1.82) is 0 Å². The van der Waals surface area contributed by atoms with Crippen molar-refractivity contribution in [2.24, 2.45) is 0 Å². The van der Waals surface area contributed by atoms with Gasteiger partial charge in [0.15, 0.2) is 13.1 Å². The number of halogens is 1. The lowest BCUT2D eigenvalue weighted by molar-refractivity contribution is -0.181. The van der Waals surface area contributed by atoms with Gasteiger partial charge in [0.2, 0.25) is 5.91 Å². The molecule has 0 aliphatic carbocycles. The second-order valence-electron chi connectivity index (χ2n) is 10.7. The van der Waals surface area contributed by atoms with Crippen molar-refractivity contribution in [3.8, 4) is 5.75 Å². The SMILES string of the molecule is COCC(OC)OCOc1ccc(/C=C/C=C/C(=O)NCCCN2CCN(C(c3ccccc3)c3ccc(Cl)cc3)CC2)cc1. The summed E-state index contributed by atoms with van der Waals surface area (Å²) < 4.78 is 21.1. The Balaban J connectivity index is 1.12. The molecule has 240 valence electrons. The first kappa shape index (κ1) is 34.4. The number of hydrogen-bond donors (Lipinski definition) is 1. The second kappa shape index (κ2) is 19.1. The average molecular weight is 634 g/mol. The van der Waals surface area contributed by atoms with Crippen molar-refractivity contribution in [2.75, 3.05) is 66.9 Å². The number of methoxy groups -OCH3 is 2. The summed E-state index contributed by atoms with van der Waals surface area (Å²) in [5, 5.41) is 3.74. The third-order valence-electron chi connectivity index (χ3n) is 7.60. The van der Waals surface area contributed by atoms with E-state index < -0.39 is 6.29 Å². The van der Waals surface area contributed by atoms with Gasteiger partial charge in [0.05, 0.1) is 12.6 Å². The molecule has 3 aromatic rings. The molecule has 0 spiro atoms. The molecule has 1 N–H and O–H groups in total. The van der Waals surface area contributed by atoms with E-state index in [9.17, 15) is 4.79 Å². The van der Waals surface area contributed by atoms with Gasteiger partial charge in [-0.05, 0) is 53.9 Å². The van der Waals surface area contributed by atoms with Crippen LogP contribution in [0.25, 0.3) is 6.08 Å². The van der Waals surface area contributed by atoms with Gasteiger partial charge in [0.1, 0.15) is 5.75 Å². The maximum absolute atomic E-state index is 12.3. The first-order valence-corrected chi connectivity index (χ1v) is 15.7. The predicted octanol–water partition coefficient (Wildman–Crippen LogP) is 5.79. The summed E-state index contributed by atoms with van der Waals surface area (Å²) in [7, 11) is 3.14. The number of nitrogens with zero attached hydrogens (tertiary/aromatic N) is 2. The molecule has 1 aliphatic heterocycles. The van der Waals surface area contributed by atoms with Crippen LogP contribution in [0.4, 0.5) is 0 Å². The fraction of sp³-hybridized carbons (Fsp3) is 0.361. The van der Waals surface area contributed by atoms with Crippen LogP contribution in [0, 0.1) is 0 Å². The first-order chi connectivity index (χ1) is 22.1. The normalized spacial score (nSPS) is 15.8. The Morgan fingerprint density at radius 2 is 1.62 bits per heavy atom. The molecule has 1 saturated heterocycles. The zero-order chi connectivity index (χ0) is 31.7. The number of hydrogen-bond acceptors (Lipinski definition) is 7. The number of piperazine rings is 1. The molecule has 0 saturated carbocycles. The van der Waals surface area contributed by atoms with Crippen molar-refractivity contribution >= 4 is 23.6 Å².